The van der Waals surface area contributed by atoms with E-state index >= 15 is 0 Å². The minimum Gasteiger partial charge on any atom is -0.449 e. The van der Waals surface area contributed by atoms with E-state index in [0.717, 1.165) is 0 Å². The Balaban J connectivity index is 1.99. The first kappa shape index (κ1) is 15.7. The molecule has 24 heavy (non-hydrogen) atoms. The lowest BCUT2D eigenvalue weighted by molar-refractivity contribution is -0.115. The highest BCUT2D eigenvalue weighted by Gasteiger charge is 2.22. The van der Waals surface area contributed by atoms with Crippen molar-refractivity contribution in [2.24, 2.45) is 0 Å². The van der Waals surface area contributed by atoms with Gasteiger partial charge in [0.1, 0.15) is 17.1 Å². The van der Waals surface area contributed by atoms with Gasteiger partial charge in [-0.3, -0.25) is 9.59 Å². The Hall–Kier alpha value is -3.15. The molecule has 0 radical (unpaired) electrons. The van der Waals surface area contributed by atoms with Crippen molar-refractivity contribution in [3.63, 3.8) is 0 Å². The Morgan fingerprint density at radius 1 is 1.08 bits per heavy atom. The van der Waals surface area contributed by atoms with Gasteiger partial charge in [0.2, 0.25) is 11.7 Å². The predicted molar refractivity (Wildman–Crippen MR) is 89.5 cm³/mol. The third kappa shape index (κ3) is 3.12. The maximum Gasteiger partial charge on any atom is 0.293 e. The van der Waals surface area contributed by atoms with Gasteiger partial charge in [-0.25, -0.2) is 4.39 Å². The van der Waals surface area contributed by atoms with Crippen LogP contribution < -0.4 is 10.6 Å². The molecular formula is C18H15FN2O3. The van der Waals surface area contributed by atoms with Crippen LogP contribution in [-0.4, -0.2) is 11.8 Å². The van der Waals surface area contributed by atoms with E-state index < -0.39 is 11.7 Å². The van der Waals surface area contributed by atoms with Gasteiger partial charge in [0.25, 0.3) is 5.91 Å². The summed E-state index contributed by atoms with van der Waals surface area (Å²) in [5.74, 6) is -1.29. The number of para-hydroxylation sites is 1. The molecule has 2 amide bonds. The molecule has 122 valence electrons. The molecule has 0 bridgehead atoms. The Morgan fingerprint density at radius 3 is 2.62 bits per heavy atom. The standard InChI is InChI=1S/C18H15FN2O3/c1-2-15(22)21-16-13-8-3-4-9-14(13)24-17(16)18(23)20-12-7-5-6-11(19)10-12/h3-10H,2H2,1H3,(H,20,23)(H,21,22). The first-order valence-corrected chi connectivity index (χ1v) is 7.46. The molecule has 0 aliphatic rings. The van der Waals surface area contributed by atoms with Gasteiger partial charge in [0, 0.05) is 17.5 Å². The van der Waals surface area contributed by atoms with Crippen LogP contribution in [0.4, 0.5) is 15.8 Å². The minimum atomic E-state index is -0.566. The van der Waals surface area contributed by atoms with E-state index in [0.29, 0.717) is 22.3 Å². The Morgan fingerprint density at radius 2 is 1.88 bits per heavy atom. The van der Waals surface area contributed by atoms with Gasteiger partial charge in [-0.05, 0) is 30.3 Å². The van der Waals surface area contributed by atoms with E-state index in [-0.39, 0.29) is 18.1 Å². The number of halogens is 1. The van der Waals surface area contributed by atoms with Crippen LogP contribution in [0.25, 0.3) is 11.0 Å². The molecule has 5 nitrogen and oxygen atoms in total. The zero-order valence-corrected chi connectivity index (χ0v) is 12.9. The van der Waals surface area contributed by atoms with Crippen molar-refractivity contribution in [3.05, 3.63) is 60.1 Å². The average Bonchev–Trinajstić information content (AvgIpc) is 2.93. The number of carbonyl (C=O) groups is 2. The predicted octanol–water partition coefficient (Wildman–Crippen LogP) is 4.17. The summed E-state index contributed by atoms with van der Waals surface area (Å²) in [6.45, 7) is 1.71. The summed E-state index contributed by atoms with van der Waals surface area (Å²) in [6, 6.07) is 12.5. The van der Waals surface area contributed by atoms with Gasteiger partial charge in [-0.1, -0.05) is 25.1 Å². The second kappa shape index (κ2) is 6.54. The zero-order chi connectivity index (χ0) is 17.1. The van der Waals surface area contributed by atoms with Crippen molar-refractivity contribution in [3.8, 4) is 0 Å². The quantitative estimate of drug-likeness (QED) is 0.756. The highest BCUT2D eigenvalue weighted by Crippen LogP contribution is 2.31. The fourth-order valence-electron chi connectivity index (χ4n) is 2.31. The van der Waals surface area contributed by atoms with Gasteiger partial charge < -0.3 is 15.1 Å². The van der Waals surface area contributed by atoms with E-state index in [4.69, 9.17) is 4.42 Å². The fourth-order valence-corrected chi connectivity index (χ4v) is 2.31. The number of benzene rings is 2. The van der Waals surface area contributed by atoms with E-state index in [1.54, 1.807) is 37.3 Å². The summed E-state index contributed by atoms with van der Waals surface area (Å²) in [6.07, 6.45) is 0.268. The minimum absolute atomic E-state index is 0.0257. The Kier molecular flexibility index (Phi) is 4.29. The number of hydrogen-bond acceptors (Lipinski definition) is 3. The lowest BCUT2D eigenvalue weighted by atomic mass is 10.2. The van der Waals surface area contributed by atoms with Crippen LogP contribution >= 0.6 is 0 Å². The fraction of sp³-hybridized carbons (Fsp3) is 0.111. The number of fused-ring (bicyclic) bond motifs is 1. The molecule has 1 heterocycles. The molecule has 2 N–H and O–H groups in total. The lowest BCUT2D eigenvalue weighted by Gasteiger charge is -2.06. The molecule has 1 aromatic heterocycles. The first-order valence-electron chi connectivity index (χ1n) is 7.46. The number of furan rings is 1. The van der Waals surface area contributed by atoms with Crippen LogP contribution in [-0.2, 0) is 4.79 Å². The summed E-state index contributed by atoms with van der Waals surface area (Å²) in [4.78, 5) is 24.3. The van der Waals surface area contributed by atoms with Crippen molar-refractivity contribution in [1.82, 2.24) is 0 Å². The van der Waals surface area contributed by atoms with Crippen LogP contribution in [0.2, 0.25) is 0 Å². The SMILES string of the molecule is CCC(=O)Nc1c(C(=O)Nc2cccc(F)c2)oc2ccccc12. The van der Waals surface area contributed by atoms with Gasteiger partial charge in [0.05, 0.1) is 0 Å². The molecule has 0 aliphatic carbocycles. The van der Waals surface area contributed by atoms with Gasteiger partial charge in [-0.15, -0.1) is 0 Å². The maximum absolute atomic E-state index is 13.3. The number of carbonyl (C=O) groups excluding carboxylic acids is 2. The summed E-state index contributed by atoms with van der Waals surface area (Å²) >= 11 is 0. The molecule has 0 unspecified atom stereocenters. The van der Waals surface area contributed by atoms with Gasteiger partial charge >= 0.3 is 0 Å². The van der Waals surface area contributed by atoms with Gasteiger partial charge in [0.15, 0.2) is 0 Å². The van der Waals surface area contributed by atoms with Crippen LogP contribution in [0, 0.1) is 5.82 Å². The normalized spacial score (nSPS) is 10.6. The summed E-state index contributed by atoms with van der Waals surface area (Å²) < 4.78 is 18.8. The van der Waals surface area contributed by atoms with E-state index in [2.05, 4.69) is 10.6 Å². The molecule has 0 spiro atoms. The topological polar surface area (TPSA) is 71.3 Å². The van der Waals surface area contributed by atoms with Crippen molar-refractivity contribution in [2.45, 2.75) is 13.3 Å². The monoisotopic (exact) mass is 326 g/mol. The highest BCUT2D eigenvalue weighted by atomic mass is 19.1. The summed E-state index contributed by atoms with van der Waals surface area (Å²) in [5.41, 5.74) is 1.09. The summed E-state index contributed by atoms with van der Waals surface area (Å²) in [5, 5.41) is 5.89. The smallest absolute Gasteiger partial charge is 0.293 e. The third-order valence-electron chi connectivity index (χ3n) is 3.47. The van der Waals surface area contributed by atoms with Crippen LogP contribution in [0.1, 0.15) is 23.9 Å². The number of rotatable bonds is 4. The second-order valence-corrected chi connectivity index (χ2v) is 5.17. The van der Waals surface area contributed by atoms with Crippen molar-refractivity contribution >= 4 is 34.2 Å². The van der Waals surface area contributed by atoms with Crippen LogP contribution in [0.5, 0.6) is 0 Å². The molecule has 0 saturated carbocycles. The zero-order valence-electron chi connectivity index (χ0n) is 12.9. The third-order valence-corrected chi connectivity index (χ3v) is 3.47. The number of amides is 2. The molecule has 0 fully saturated rings. The van der Waals surface area contributed by atoms with Crippen molar-refractivity contribution in [1.29, 1.82) is 0 Å². The second-order valence-electron chi connectivity index (χ2n) is 5.17. The first-order chi connectivity index (χ1) is 11.6. The molecule has 2 aromatic carbocycles. The van der Waals surface area contributed by atoms with E-state index in [9.17, 15) is 14.0 Å². The summed E-state index contributed by atoms with van der Waals surface area (Å²) in [7, 11) is 0. The van der Waals surface area contributed by atoms with Crippen molar-refractivity contribution in [2.75, 3.05) is 10.6 Å². The molecule has 3 aromatic rings. The maximum atomic E-state index is 13.3. The molecule has 6 heteroatoms. The lowest BCUT2D eigenvalue weighted by Crippen LogP contribution is -2.16. The van der Waals surface area contributed by atoms with Crippen molar-refractivity contribution < 1.29 is 18.4 Å². The van der Waals surface area contributed by atoms with Crippen LogP contribution in [0.3, 0.4) is 0 Å². The van der Waals surface area contributed by atoms with Gasteiger partial charge in [-0.2, -0.15) is 0 Å². The van der Waals surface area contributed by atoms with Crippen LogP contribution in [0.15, 0.2) is 52.9 Å². The molecular weight excluding hydrogens is 311 g/mol. The highest BCUT2D eigenvalue weighted by molar-refractivity contribution is 6.14. The average molecular weight is 326 g/mol. The number of hydrogen-bond donors (Lipinski definition) is 2. The van der Waals surface area contributed by atoms with E-state index in [1.807, 2.05) is 0 Å². The molecule has 0 aliphatic heterocycles. The number of anilines is 2. The molecule has 0 atom stereocenters. The number of nitrogens with one attached hydrogen (secondary N) is 2. The van der Waals surface area contributed by atoms with E-state index in [1.165, 1.54) is 18.2 Å². The Bertz CT molecular complexity index is 918. The Labute approximate surface area is 137 Å². The molecule has 0 saturated heterocycles. The largest absolute Gasteiger partial charge is 0.449 e. The molecule has 3 rings (SSSR count).